The number of nitrogens with one attached hydrogen (secondary N) is 2. The van der Waals surface area contributed by atoms with Crippen LogP contribution in [0, 0.1) is 5.41 Å². The van der Waals surface area contributed by atoms with Gasteiger partial charge < -0.3 is 25.0 Å². The highest BCUT2D eigenvalue weighted by Crippen LogP contribution is 2.62. The molecular weight excluding hydrogens is 548 g/mol. The standard InChI is InChI=1S/C33H42N4O6/c1-10-32(7,8)33-19-26(27(39)35-22-15-17-23(42-9)18-16-22)37(28(40)20(2)34-30(41)43-31(4,5)6)29(33)36(21(3)38)25-14-12-11-13-24(25)33/h10-18,20,26,29H,1,19H2,2-9H3,(H,34,41)(H,35,39)/t20-,26-,29+,33-/m1/s1. The summed E-state index contributed by atoms with van der Waals surface area (Å²) in [6.45, 7) is 16.3. The number of anilines is 2. The smallest absolute Gasteiger partial charge is 0.408 e. The summed E-state index contributed by atoms with van der Waals surface area (Å²) in [5, 5.41) is 5.57. The maximum Gasteiger partial charge on any atom is 0.408 e. The first kappa shape index (κ1) is 31.6. The third kappa shape index (κ3) is 5.58. The lowest BCUT2D eigenvalue weighted by Gasteiger charge is -2.45. The van der Waals surface area contributed by atoms with Crippen molar-refractivity contribution in [2.75, 3.05) is 17.3 Å². The third-order valence-electron chi connectivity index (χ3n) is 8.46. The number of allylic oxidation sites excluding steroid dienone is 1. The molecule has 0 aliphatic carbocycles. The van der Waals surface area contributed by atoms with Crippen molar-refractivity contribution >= 4 is 35.2 Å². The molecule has 43 heavy (non-hydrogen) atoms. The number of carbonyl (C=O) groups excluding carboxylic acids is 4. The van der Waals surface area contributed by atoms with Gasteiger partial charge in [-0.2, -0.15) is 0 Å². The van der Waals surface area contributed by atoms with Crippen LogP contribution in [-0.2, 0) is 24.5 Å². The number of hydrogen-bond acceptors (Lipinski definition) is 6. The molecule has 2 aliphatic heterocycles. The molecule has 2 aromatic carbocycles. The summed E-state index contributed by atoms with van der Waals surface area (Å²) in [5.41, 5.74) is -0.285. The van der Waals surface area contributed by atoms with E-state index in [0.29, 0.717) is 17.1 Å². The molecule has 2 N–H and O–H groups in total. The van der Waals surface area contributed by atoms with E-state index in [1.807, 2.05) is 44.2 Å². The van der Waals surface area contributed by atoms with Crippen LogP contribution in [0.5, 0.6) is 5.75 Å². The molecule has 2 aliphatic rings. The Kier molecular flexibility index (Phi) is 8.37. The molecular formula is C33H42N4O6. The Balaban J connectivity index is 1.85. The van der Waals surface area contributed by atoms with Crippen molar-refractivity contribution in [2.45, 2.75) is 84.2 Å². The fourth-order valence-corrected chi connectivity index (χ4v) is 6.33. The minimum absolute atomic E-state index is 0.213. The van der Waals surface area contributed by atoms with Crippen molar-refractivity contribution in [3.05, 3.63) is 66.7 Å². The number of nitrogens with zero attached hydrogens (tertiary/aromatic N) is 2. The SMILES string of the molecule is C=CC(C)(C)[C@@]12C[C@H](C(=O)Nc3ccc(OC)cc3)N(C(=O)[C@@H](C)NC(=O)OC(C)(C)C)[C@@H]1N(C(C)=O)c1ccccc12. The molecule has 0 unspecified atom stereocenters. The van der Waals surface area contributed by atoms with E-state index in [-0.39, 0.29) is 12.3 Å². The van der Waals surface area contributed by atoms with Crippen LogP contribution in [0.4, 0.5) is 16.2 Å². The minimum Gasteiger partial charge on any atom is -0.497 e. The zero-order chi connectivity index (χ0) is 31.9. The van der Waals surface area contributed by atoms with Crippen molar-refractivity contribution in [3.63, 3.8) is 0 Å². The molecule has 10 nitrogen and oxygen atoms in total. The second-order valence-corrected chi connectivity index (χ2v) is 12.7. The minimum atomic E-state index is -1.06. The van der Waals surface area contributed by atoms with Gasteiger partial charge in [0.1, 0.15) is 29.6 Å². The fraction of sp³-hybridized carbons (Fsp3) is 0.455. The lowest BCUT2D eigenvalue weighted by Crippen LogP contribution is -2.61. The van der Waals surface area contributed by atoms with Crippen molar-refractivity contribution in [1.29, 1.82) is 0 Å². The Hall–Kier alpha value is -4.34. The number of alkyl carbamates (subject to hydrolysis) is 1. The Morgan fingerprint density at radius 2 is 1.67 bits per heavy atom. The Labute approximate surface area is 253 Å². The number of benzene rings is 2. The first-order valence-electron chi connectivity index (χ1n) is 14.4. The number of ether oxygens (including phenoxy) is 2. The van der Waals surface area contributed by atoms with Crippen LogP contribution in [-0.4, -0.2) is 59.7 Å². The van der Waals surface area contributed by atoms with Crippen LogP contribution >= 0.6 is 0 Å². The quantitative estimate of drug-likeness (QED) is 0.439. The highest BCUT2D eigenvalue weighted by atomic mass is 16.6. The molecule has 1 saturated heterocycles. The van der Waals surface area contributed by atoms with Crippen LogP contribution < -0.4 is 20.3 Å². The van der Waals surface area contributed by atoms with Gasteiger partial charge in [0.05, 0.1) is 7.11 Å². The van der Waals surface area contributed by atoms with Crippen LogP contribution in [0.25, 0.3) is 0 Å². The van der Waals surface area contributed by atoms with Crippen LogP contribution in [0.2, 0.25) is 0 Å². The molecule has 4 atom stereocenters. The first-order chi connectivity index (χ1) is 20.1. The Bertz CT molecular complexity index is 1430. The molecule has 0 aromatic heterocycles. The van der Waals surface area contributed by atoms with E-state index >= 15 is 0 Å². The Morgan fingerprint density at radius 1 is 1.05 bits per heavy atom. The molecule has 4 rings (SSSR count). The van der Waals surface area contributed by atoms with Gasteiger partial charge in [0.2, 0.25) is 17.7 Å². The average Bonchev–Trinajstić information content (AvgIpc) is 3.43. The lowest BCUT2D eigenvalue weighted by molar-refractivity contribution is -0.141. The monoisotopic (exact) mass is 590 g/mol. The molecule has 0 radical (unpaired) electrons. The van der Waals surface area contributed by atoms with Crippen LogP contribution in [0.1, 0.15) is 60.5 Å². The van der Waals surface area contributed by atoms with Crippen molar-refractivity contribution < 1.29 is 28.7 Å². The molecule has 0 bridgehead atoms. The zero-order valence-electron chi connectivity index (χ0n) is 26.2. The van der Waals surface area contributed by atoms with Crippen molar-refractivity contribution in [3.8, 4) is 5.75 Å². The summed E-state index contributed by atoms with van der Waals surface area (Å²) in [6.07, 6.45) is 0.402. The van der Waals surface area contributed by atoms with Gasteiger partial charge in [0.15, 0.2) is 0 Å². The maximum absolute atomic E-state index is 14.4. The highest BCUT2D eigenvalue weighted by molar-refractivity contribution is 6.02. The number of rotatable bonds is 7. The number of carbonyl (C=O) groups is 4. The van der Waals surface area contributed by atoms with E-state index in [1.54, 1.807) is 64.0 Å². The number of fused-ring (bicyclic) bond motifs is 3. The fourth-order valence-electron chi connectivity index (χ4n) is 6.33. The first-order valence-corrected chi connectivity index (χ1v) is 14.4. The zero-order valence-corrected chi connectivity index (χ0v) is 26.2. The van der Waals surface area contributed by atoms with Gasteiger partial charge in [-0.3, -0.25) is 19.3 Å². The second kappa shape index (κ2) is 11.4. The summed E-state index contributed by atoms with van der Waals surface area (Å²) in [5.74, 6) is -0.585. The van der Waals surface area contributed by atoms with Gasteiger partial charge >= 0.3 is 6.09 Å². The third-order valence-corrected chi connectivity index (χ3v) is 8.46. The molecule has 2 aromatic rings. The van der Waals surface area contributed by atoms with E-state index in [2.05, 4.69) is 17.2 Å². The van der Waals surface area contributed by atoms with E-state index < -0.39 is 52.6 Å². The summed E-state index contributed by atoms with van der Waals surface area (Å²) in [6, 6.07) is 12.4. The summed E-state index contributed by atoms with van der Waals surface area (Å²) in [7, 11) is 1.56. The van der Waals surface area contributed by atoms with E-state index in [4.69, 9.17) is 9.47 Å². The summed E-state index contributed by atoms with van der Waals surface area (Å²) < 4.78 is 10.6. The average molecular weight is 591 g/mol. The van der Waals surface area contributed by atoms with Crippen molar-refractivity contribution in [1.82, 2.24) is 10.2 Å². The predicted molar refractivity (Wildman–Crippen MR) is 165 cm³/mol. The summed E-state index contributed by atoms with van der Waals surface area (Å²) in [4.78, 5) is 57.6. The predicted octanol–water partition coefficient (Wildman–Crippen LogP) is 4.99. The van der Waals surface area contributed by atoms with Crippen LogP contribution in [0.3, 0.4) is 0 Å². The number of hydrogen-bond donors (Lipinski definition) is 2. The van der Waals surface area contributed by atoms with E-state index in [1.165, 1.54) is 11.8 Å². The molecule has 10 heteroatoms. The van der Waals surface area contributed by atoms with Gasteiger partial charge in [-0.05, 0) is 75.4 Å². The molecule has 0 saturated carbocycles. The van der Waals surface area contributed by atoms with Gasteiger partial charge in [-0.25, -0.2) is 4.79 Å². The van der Waals surface area contributed by atoms with Gasteiger partial charge in [0, 0.05) is 23.7 Å². The van der Waals surface area contributed by atoms with Gasteiger partial charge in [0.25, 0.3) is 0 Å². The van der Waals surface area contributed by atoms with Gasteiger partial charge in [-0.15, -0.1) is 6.58 Å². The lowest BCUT2D eigenvalue weighted by atomic mass is 9.60. The molecule has 0 spiro atoms. The van der Waals surface area contributed by atoms with Crippen LogP contribution in [0.15, 0.2) is 61.2 Å². The van der Waals surface area contributed by atoms with E-state index in [9.17, 15) is 19.2 Å². The molecule has 4 amide bonds. The number of amides is 4. The molecule has 2 heterocycles. The highest BCUT2D eigenvalue weighted by Gasteiger charge is 2.68. The Morgan fingerprint density at radius 3 is 2.23 bits per heavy atom. The topological polar surface area (TPSA) is 117 Å². The van der Waals surface area contributed by atoms with Gasteiger partial charge in [-0.1, -0.05) is 38.1 Å². The number of para-hydroxylation sites is 1. The van der Waals surface area contributed by atoms with Crippen molar-refractivity contribution in [2.24, 2.45) is 5.41 Å². The molecule has 1 fully saturated rings. The normalized spacial score (nSPS) is 21.8. The molecule has 230 valence electrons. The summed E-state index contributed by atoms with van der Waals surface area (Å²) >= 11 is 0. The second-order valence-electron chi connectivity index (χ2n) is 12.7. The number of likely N-dealkylation sites (tertiary alicyclic amines) is 1. The maximum atomic E-state index is 14.4. The van der Waals surface area contributed by atoms with E-state index in [0.717, 1.165) is 5.56 Å². The number of methoxy groups -OCH3 is 1. The largest absolute Gasteiger partial charge is 0.497 e.